The van der Waals surface area contributed by atoms with Crippen molar-refractivity contribution in [2.75, 3.05) is 0 Å². The van der Waals surface area contributed by atoms with Crippen LogP contribution in [0.15, 0.2) is 23.6 Å². The van der Waals surface area contributed by atoms with Gasteiger partial charge in [-0.1, -0.05) is 66.9 Å². The van der Waals surface area contributed by atoms with Crippen LogP contribution >= 0.6 is 0 Å². The summed E-state index contributed by atoms with van der Waals surface area (Å²) in [6, 6.07) is 0. The van der Waals surface area contributed by atoms with Crippen molar-refractivity contribution in [3.05, 3.63) is 134 Å². The molecular weight excluding hydrogens is 841 g/mol. The summed E-state index contributed by atoms with van der Waals surface area (Å²) in [5.41, 5.74) is 6.45. The van der Waals surface area contributed by atoms with Gasteiger partial charge in [-0.25, -0.2) is 0 Å². The van der Waals surface area contributed by atoms with Crippen molar-refractivity contribution in [3.8, 4) is 0 Å². The number of rotatable bonds is 2. The largest absolute Gasteiger partial charge is 0.0743 e. The summed E-state index contributed by atoms with van der Waals surface area (Å²) in [4.78, 5) is 0. The van der Waals surface area contributed by atoms with E-state index in [1.54, 1.807) is 0 Å². The van der Waals surface area contributed by atoms with Crippen molar-refractivity contribution in [1.82, 2.24) is 0 Å². The fourth-order valence-electron chi connectivity index (χ4n) is 4.87. The van der Waals surface area contributed by atoms with E-state index in [1.807, 2.05) is 0 Å². The Morgan fingerprint density at radius 3 is 0.700 bits per heavy atom. The van der Waals surface area contributed by atoms with Gasteiger partial charge in [-0.05, 0) is 162 Å². The molecule has 0 heterocycles. The minimum atomic E-state index is 0. The van der Waals surface area contributed by atoms with Crippen LogP contribution in [0.4, 0.5) is 0 Å². The van der Waals surface area contributed by atoms with Gasteiger partial charge in [0, 0.05) is 52.0 Å². The molecule has 4 aliphatic carbocycles. The van der Waals surface area contributed by atoms with E-state index in [0.717, 1.165) is 0 Å². The van der Waals surface area contributed by atoms with Crippen LogP contribution in [-0.2, 0) is 40.2 Å². The van der Waals surface area contributed by atoms with Crippen LogP contribution in [0.1, 0.15) is 107 Å². The summed E-state index contributed by atoms with van der Waals surface area (Å²) in [6.07, 6.45) is 32.1. The van der Waals surface area contributed by atoms with Gasteiger partial charge in [0.15, 0.2) is 0 Å². The average molecular weight is 891 g/mol. The van der Waals surface area contributed by atoms with Crippen molar-refractivity contribution in [2.24, 2.45) is 0 Å². The molecule has 220 valence electrons. The maximum absolute atomic E-state index is 3.22. The first-order valence-electron chi connectivity index (χ1n) is 14.5. The summed E-state index contributed by atoms with van der Waals surface area (Å²) < 4.78 is 0. The van der Waals surface area contributed by atoms with E-state index < -0.39 is 0 Å². The molecule has 0 bridgehead atoms. The zero-order valence-electron chi connectivity index (χ0n) is 26.1. The van der Waals surface area contributed by atoms with Gasteiger partial charge in [0.2, 0.25) is 0 Å². The summed E-state index contributed by atoms with van der Waals surface area (Å²) in [5, 5.41) is 0. The zero-order chi connectivity index (χ0) is 27.9. The van der Waals surface area contributed by atoms with E-state index in [1.165, 1.54) is 111 Å². The third-order valence-electron chi connectivity index (χ3n) is 8.17. The van der Waals surface area contributed by atoms with Crippen LogP contribution < -0.4 is 0 Å². The first kappa shape index (κ1) is 40.6. The van der Waals surface area contributed by atoms with Crippen molar-refractivity contribution < 1.29 is 40.2 Å². The Morgan fingerprint density at radius 2 is 0.525 bits per heavy atom. The molecule has 0 amide bonds. The molecule has 0 saturated heterocycles. The van der Waals surface area contributed by atoms with E-state index in [0.29, 0.717) is 0 Å². The van der Waals surface area contributed by atoms with Crippen LogP contribution in [0, 0.1) is 111 Å². The third-order valence-corrected chi connectivity index (χ3v) is 8.17. The molecule has 4 aliphatic rings. The quantitative estimate of drug-likeness (QED) is 0.242. The van der Waals surface area contributed by atoms with E-state index >= 15 is 0 Å². The second-order valence-electron chi connectivity index (χ2n) is 10.6. The number of hydrogen-bond donors (Lipinski definition) is 0. The molecule has 0 nitrogen and oxygen atoms in total. The topological polar surface area (TPSA) is 0 Å². The van der Waals surface area contributed by atoms with Gasteiger partial charge < -0.3 is 0 Å². The molecule has 2 heteroatoms. The minimum absolute atomic E-state index is 0. The summed E-state index contributed by atoms with van der Waals surface area (Å²) in [5.74, 6) is 13.6. The Kier molecular flexibility index (Phi) is 23.4. The molecule has 0 aromatic rings. The van der Waals surface area contributed by atoms with E-state index in [-0.39, 0.29) is 40.2 Å². The first-order chi connectivity index (χ1) is 18.3. The normalized spacial score (nSPS) is 24.3. The van der Waals surface area contributed by atoms with Crippen LogP contribution in [0.25, 0.3) is 0 Å². The molecule has 0 N–H and O–H groups in total. The standard InChI is InChI=1S/C22H26.2C8H12.2Ir/c1-13-14(2)18(6)21(17(13)5)11-9-10-12-22-19(7)15(3)16(4)20(22)8;2*1-2-4-6-8-7-5-3-1;;/h11-12H,1-8H3;2*1-2,7-8H,3-6H2;;. The second-order valence-corrected chi connectivity index (χ2v) is 10.6. The van der Waals surface area contributed by atoms with Crippen molar-refractivity contribution in [1.29, 1.82) is 0 Å². The van der Waals surface area contributed by atoms with Gasteiger partial charge in [-0.2, -0.15) is 0 Å². The Balaban J connectivity index is 0.000000693. The van der Waals surface area contributed by atoms with Gasteiger partial charge in [0.25, 0.3) is 0 Å². The number of hydrogen-bond acceptors (Lipinski definition) is 0. The van der Waals surface area contributed by atoms with Crippen LogP contribution in [-0.4, -0.2) is 0 Å². The monoisotopic (exact) mass is 892 g/mol. The Labute approximate surface area is 279 Å². The molecule has 0 aromatic heterocycles. The molecule has 0 aliphatic heterocycles. The second kappa shape index (κ2) is 23.0. The van der Waals surface area contributed by atoms with Crippen molar-refractivity contribution in [2.45, 2.75) is 107 Å². The molecular formula is C38H50Ir2. The molecule has 4 rings (SSSR count). The van der Waals surface area contributed by atoms with Crippen LogP contribution in [0.5, 0.6) is 0 Å². The van der Waals surface area contributed by atoms with Gasteiger partial charge >= 0.3 is 0 Å². The van der Waals surface area contributed by atoms with Gasteiger partial charge in [0.05, 0.1) is 0 Å². The summed E-state index contributed by atoms with van der Waals surface area (Å²) in [6.45, 7) is 17.5. The first-order valence-corrected chi connectivity index (χ1v) is 14.5. The zero-order valence-corrected chi connectivity index (χ0v) is 30.9. The average Bonchev–Trinajstić information content (AvgIpc) is 3.16. The molecule has 20 radical (unpaired) electrons. The summed E-state index contributed by atoms with van der Waals surface area (Å²) >= 11 is 0. The Hall–Kier alpha value is 0.599. The predicted octanol–water partition coefficient (Wildman–Crippen LogP) is 10.5. The van der Waals surface area contributed by atoms with E-state index in [9.17, 15) is 0 Å². The van der Waals surface area contributed by atoms with Crippen LogP contribution in [0.2, 0.25) is 0 Å². The third kappa shape index (κ3) is 13.5. The maximum Gasteiger partial charge on any atom is 0.0202 e. The predicted molar refractivity (Wildman–Crippen MR) is 165 cm³/mol. The van der Waals surface area contributed by atoms with Crippen molar-refractivity contribution in [3.63, 3.8) is 0 Å². The fourth-order valence-corrected chi connectivity index (χ4v) is 4.87. The SMILES string of the molecule is C[C]1[C](C)[C](C)[C](C=C=C=C[C]2[C](C)[C](C)[C](C)[C]2C)[C]1C.[CH]1[CH]CC[CH][CH]CC1.[CH]1[CH]CC[CH][CH]CC1.[Ir].[Ir]. The van der Waals surface area contributed by atoms with Gasteiger partial charge in [-0.3, -0.25) is 0 Å². The molecule has 4 saturated carbocycles. The fraction of sp³-hybridized carbons (Fsp3) is 0.421. The molecule has 0 atom stereocenters. The number of allylic oxidation sites excluding steroid dienone is 2. The minimum Gasteiger partial charge on any atom is -0.0743 e. The smallest absolute Gasteiger partial charge is 0.0202 e. The van der Waals surface area contributed by atoms with Gasteiger partial charge in [-0.15, -0.1) is 0 Å². The molecule has 0 spiro atoms. The molecule has 4 fully saturated rings. The molecule has 40 heavy (non-hydrogen) atoms. The van der Waals surface area contributed by atoms with Crippen LogP contribution in [0.3, 0.4) is 0 Å². The summed E-state index contributed by atoms with van der Waals surface area (Å²) in [7, 11) is 0. The van der Waals surface area contributed by atoms with Crippen molar-refractivity contribution >= 4 is 0 Å². The Bertz CT molecular complexity index is 579. The Morgan fingerprint density at radius 1 is 0.350 bits per heavy atom. The van der Waals surface area contributed by atoms with E-state index in [2.05, 4.69) is 130 Å². The van der Waals surface area contributed by atoms with E-state index in [4.69, 9.17) is 0 Å². The molecule has 0 aromatic carbocycles. The molecule has 0 unspecified atom stereocenters. The maximum atomic E-state index is 3.22. The van der Waals surface area contributed by atoms with Gasteiger partial charge in [0.1, 0.15) is 0 Å².